The molecule has 0 bridgehead atoms. The molecule has 2 aliphatic rings. The van der Waals surface area contributed by atoms with Gasteiger partial charge in [-0.05, 0) is 67.7 Å². The summed E-state index contributed by atoms with van der Waals surface area (Å²) in [5, 5.41) is 13.5. The Morgan fingerprint density at radius 2 is 1.94 bits per heavy atom. The monoisotopic (exact) mass is 510 g/mol. The van der Waals surface area contributed by atoms with Crippen LogP contribution in [-0.2, 0) is 27.7 Å². The second kappa shape index (κ2) is 10.6. The number of aliphatic hydroxyl groups excluding tert-OH is 1. The van der Waals surface area contributed by atoms with E-state index >= 15 is 0 Å². The summed E-state index contributed by atoms with van der Waals surface area (Å²) in [6, 6.07) is 12.2. The molecule has 36 heavy (non-hydrogen) atoms. The smallest absolute Gasteiger partial charge is 0.243 e. The topological polar surface area (TPSA) is 115 Å². The first kappa shape index (κ1) is 24.8. The van der Waals surface area contributed by atoms with Crippen LogP contribution in [0.4, 0.5) is 5.69 Å². The van der Waals surface area contributed by atoms with Crippen LogP contribution in [0.15, 0.2) is 53.6 Å². The van der Waals surface area contributed by atoms with Gasteiger partial charge in [0.25, 0.3) is 0 Å². The Bertz CT molecular complexity index is 1330. The van der Waals surface area contributed by atoms with Crippen molar-refractivity contribution in [2.45, 2.75) is 49.5 Å². The number of hydrogen-bond donors (Lipinski definition) is 4. The van der Waals surface area contributed by atoms with Crippen molar-refractivity contribution < 1.29 is 18.3 Å². The van der Waals surface area contributed by atoms with Crippen LogP contribution >= 0.6 is 0 Å². The van der Waals surface area contributed by atoms with Gasteiger partial charge in [-0.2, -0.15) is 4.72 Å². The summed E-state index contributed by atoms with van der Waals surface area (Å²) in [5.41, 5.74) is 3.47. The van der Waals surface area contributed by atoms with Crippen LogP contribution in [0.1, 0.15) is 36.8 Å². The molecule has 3 aromatic rings. The summed E-state index contributed by atoms with van der Waals surface area (Å²) in [6.45, 7) is 2.01. The van der Waals surface area contributed by atoms with E-state index in [0.717, 1.165) is 60.7 Å². The van der Waals surface area contributed by atoms with Gasteiger partial charge in [0.2, 0.25) is 15.9 Å². The lowest BCUT2D eigenvalue weighted by Gasteiger charge is -2.34. The molecule has 1 amide bonds. The van der Waals surface area contributed by atoms with E-state index in [0.29, 0.717) is 24.7 Å². The zero-order chi connectivity index (χ0) is 25.1. The van der Waals surface area contributed by atoms with Crippen LogP contribution in [0.2, 0.25) is 0 Å². The van der Waals surface area contributed by atoms with Gasteiger partial charge < -0.3 is 20.3 Å². The predicted molar refractivity (Wildman–Crippen MR) is 140 cm³/mol. The fourth-order valence-corrected chi connectivity index (χ4v) is 6.91. The minimum atomic E-state index is -3.96. The summed E-state index contributed by atoms with van der Waals surface area (Å²) in [7, 11) is -3.96. The van der Waals surface area contributed by atoms with E-state index < -0.39 is 16.1 Å². The van der Waals surface area contributed by atoms with Crippen LogP contribution in [-0.4, -0.2) is 61.6 Å². The third-order valence-corrected chi connectivity index (χ3v) is 9.00. The molecule has 3 heterocycles. The Morgan fingerprint density at radius 3 is 2.75 bits per heavy atom. The molecule has 9 heteroatoms. The number of sulfonamides is 1. The van der Waals surface area contributed by atoms with Crippen molar-refractivity contribution in [2.75, 3.05) is 31.6 Å². The van der Waals surface area contributed by atoms with E-state index in [1.807, 2.05) is 36.5 Å². The van der Waals surface area contributed by atoms with Gasteiger partial charge >= 0.3 is 0 Å². The first-order valence-corrected chi connectivity index (χ1v) is 14.3. The van der Waals surface area contributed by atoms with Gasteiger partial charge in [0.1, 0.15) is 10.9 Å². The van der Waals surface area contributed by atoms with Crippen molar-refractivity contribution in [1.29, 1.82) is 0 Å². The minimum absolute atomic E-state index is 0.150. The fraction of sp³-hybridized carbons (Fsp3) is 0.444. The van der Waals surface area contributed by atoms with Gasteiger partial charge in [-0.1, -0.05) is 30.3 Å². The zero-order valence-corrected chi connectivity index (χ0v) is 21.2. The number of aromatic nitrogens is 1. The summed E-state index contributed by atoms with van der Waals surface area (Å²) in [6.07, 6.45) is 6.26. The number of aromatic amines is 1. The number of rotatable bonds is 8. The van der Waals surface area contributed by atoms with Crippen LogP contribution in [0, 0.1) is 5.92 Å². The SMILES string of the molecule is O=C([C@@H](Cc1c[nH]c2ccccc12)NS(=O)(=O)c1cccc2c1NCCC2)N1CCC(CCO)CC1. The quantitative estimate of drug-likeness (QED) is 0.372. The number of carbonyl (C=O) groups is 1. The van der Waals surface area contributed by atoms with Gasteiger partial charge in [0.05, 0.1) is 5.69 Å². The number of amides is 1. The molecule has 1 saturated heterocycles. The number of nitrogens with one attached hydrogen (secondary N) is 3. The Morgan fingerprint density at radius 1 is 1.14 bits per heavy atom. The fourth-order valence-electron chi connectivity index (χ4n) is 5.50. The lowest BCUT2D eigenvalue weighted by Crippen LogP contribution is -2.51. The lowest BCUT2D eigenvalue weighted by molar-refractivity contribution is -0.134. The summed E-state index contributed by atoms with van der Waals surface area (Å²) in [5.74, 6) is 0.189. The van der Waals surface area contributed by atoms with Crippen molar-refractivity contribution >= 4 is 32.5 Å². The number of fused-ring (bicyclic) bond motifs is 2. The van der Waals surface area contributed by atoms with E-state index in [-0.39, 0.29) is 23.8 Å². The van der Waals surface area contributed by atoms with Crippen LogP contribution < -0.4 is 10.0 Å². The Hall–Kier alpha value is -2.88. The highest BCUT2D eigenvalue weighted by Gasteiger charge is 2.33. The average Bonchev–Trinajstić information content (AvgIpc) is 3.31. The van der Waals surface area contributed by atoms with Crippen molar-refractivity contribution in [2.24, 2.45) is 5.92 Å². The molecule has 0 spiro atoms. The Balaban J connectivity index is 1.43. The molecule has 0 saturated carbocycles. The van der Waals surface area contributed by atoms with Gasteiger partial charge in [0.15, 0.2) is 0 Å². The molecule has 0 unspecified atom stereocenters. The van der Waals surface area contributed by atoms with Gasteiger partial charge in [0, 0.05) is 43.3 Å². The van der Waals surface area contributed by atoms with E-state index in [9.17, 15) is 18.3 Å². The van der Waals surface area contributed by atoms with Gasteiger partial charge in [-0.25, -0.2) is 8.42 Å². The number of nitrogens with zero attached hydrogens (tertiary/aromatic N) is 1. The normalized spacial score (nSPS) is 17.5. The maximum absolute atomic E-state index is 13.7. The van der Waals surface area contributed by atoms with Crippen molar-refractivity contribution in [3.8, 4) is 0 Å². The molecule has 1 atom stereocenters. The number of carbonyl (C=O) groups excluding carboxylic acids is 1. The molecule has 4 N–H and O–H groups in total. The zero-order valence-electron chi connectivity index (χ0n) is 20.4. The molecule has 2 aliphatic heterocycles. The van der Waals surface area contributed by atoms with Crippen molar-refractivity contribution in [3.05, 3.63) is 59.8 Å². The van der Waals surface area contributed by atoms with Crippen LogP contribution in [0.25, 0.3) is 10.9 Å². The number of anilines is 1. The maximum Gasteiger partial charge on any atom is 0.243 e. The lowest BCUT2D eigenvalue weighted by atomic mass is 9.93. The molecule has 1 fully saturated rings. The Kier molecular flexibility index (Phi) is 7.32. The largest absolute Gasteiger partial charge is 0.396 e. The third kappa shape index (κ3) is 5.14. The summed E-state index contributed by atoms with van der Waals surface area (Å²) >= 11 is 0. The number of likely N-dealkylation sites (tertiary alicyclic amines) is 1. The van der Waals surface area contributed by atoms with Gasteiger partial charge in [-0.15, -0.1) is 0 Å². The molecule has 0 aliphatic carbocycles. The average molecular weight is 511 g/mol. The number of H-pyrrole nitrogens is 1. The molecule has 8 nitrogen and oxygen atoms in total. The Labute approximate surface area is 212 Å². The summed E-state index contributed by atoms with van der Waals surface area (Å²) < 4.78 is 30.1. The van der Waals surface area contributed by atoms with E-state index in [1.54, 1.807) is 17.0 Å². The second-order valence-electron chi connectivity index (χ2n) is 9.84. The van der Waals surface area contributed by atoms with Crippen molar-refractivity contribution in [1.82, 2.24) is 14.6 Å². The first-order valence-electron chi connectivity index (χ1n) is 12.8. The van der Waals surface area contributed by atoms with Crippen LogP contribution in [0.3, 0.4) is 0 Å². The third-order valence-electron chi connectivity index (χ3n) is 7.48. The number of hydrogen-bond acceptors (Lipinski definition) is 5. The number of aryl methyl sites for hydroxylation is 1. The van der Waals surface area contributed by atoms with Crippen LogP contribution in [0.5, 0.6) is 0 Å². The number of benzene rings is 2. The highest BCUT2D eigenvalue weighted by Crippen LogP contribution is 2.30. The molecule has 0 radical (unpaired) electrons. The molecule has 1 aromatic heterocycles. The molecule has 5 rings (SSSR count). The number of piperidine rings is 1. The van der Waals surface area contributed by atoms with E-state index in [4.69, 9.17) is 0 Å². The van der Waals surface area contributed by atoms with Crippen molar-refractivity contribution in [3.63, 3.8) is 0 Å². The number of para-hydroxylation sites is 2. The highest BCUT2D eigenvalue weighted by atomic mass is 32.2. The minimum Gasteiger partial charge on any atom is -0.396 e. The standard InChI is InChI=1S/C27H34N4O4S/c32-16-12-19-10-14-31(15-11-19)27(33)24(17-21-18-29-23-8-2-1-7-22(21)23)30-36(34,35)25-9-3-5-20-6-4-13-28-26(20)25/h1-3,5,7-9,18-19,24,28-30,32H,4,6,10-17H2/t24-/m1/s1. The molecule has 192 valence electrons. The summed E-state index contributed by atoms with van der Waals surface area (Å²) in [4.78, 5) is 18.9. The van der Waals surface area contributed by atoms with E-state index in [1.165, 1.54) is 0 Å². The van der Waals surface area contributed by atoms with E-state index in [2.05, 4.69) is 15.0 Å². The maximum atomic E-state index is 13.7. The number of aliphatic hydroxyl groups is 1. The van der Waals surface area contributed by atoms with Gasteiger partial charge in [-0.3, -0.25) is 4.79 Å². The highest BCUT2D eigenvalue weighted by molar-refractivity contribution is 7.89. The first-order chi connectivity index (χ1) is 17.5. The molecule has 2 aromatic carbocycles. The predicted octanol–water partition coefficient (Wildman–Crippen LogP) is 3.04. The molecular weight excluding hydrogens is 476 g/mol. The molecular formula is C27H34N4O4S. The second-order valence-corrected chi connectivity index (χ2v) is 11.5.